The summed E-state index contributed by atoms with van der Waals surface area (Å²) in [4.78, 5) is 8.48. The van der Waals surface area contributed by atoms with Crippen LogP contribution in [-0.2, 0) is 0 Å². The Morgan fingerprint density at radius 2 is 2.17 bits per heavy atom. The predicted octanol–water partition coefficient (Wildman–Crippen LogP) is 1.53. The van der Waals surface area contributed by atoms with Gasteiger partial charge in [-0.25, -0.2) is 4.98 Å². The largest absolute Gasteiger partial charge is 0.405 e. The minimum absolute atomic E-state index is 0.00769. The molecule has 0 radical (unpaired) electrons. The van der Waals surface area contributed by atoms with E-state index in [9.17, 15) is 13.2 Å². The van der Waals surface area contributed by atoms with Crippen molar-refractivity contribution in [3.8, 4) is 0 Å². The molecule has 1 heterocycles. The number of nitrogens with one attached hydrogen (secondary N) is 1. The van der Waals surface area contributed by atoms with Crippen molar-refractivity contribution >= 4 is 23.4 Å². The van der Waals surface area contributed by atoms with Crippen LogP contribution in [0.1, 0.15) is 0 Å². The van der Waals surface area contributed by atoms with Gasteiger partial charge in [0, 0.05) is 13.6 Å². The summed E-state index contributed by atoms with van der Waals surface area (Å²) >= 11 is 5.77. The molecule has 0 aromatic carbocycles. The van der Waals surface area contributed by atoms with Gasteiger partial charge in [-0.3, -0.25) is 0 Å². The van der Waals surface area contributed by atoms with Gasteiger partial charge in [-0.1, -0.05) is 11.6 Å². The van der Waals surface area contributed by atoms with Crippen molar-refractivity contribution in [1.29, 1.82) is 0 Å². The molecule has 1 aromatic heterocycles. The first-order valence-electron chi connectivity index (χ1n) is 5.00. The minimum atomic E-state index is -4.41. The van der Waals surface area contributed by atoms with Crippen LogP contribution in [0.25, 0.3) is 0 Å². The van der Waals surface area contributed by atoms with Gasteiger partial charge in [-0.2, -0.15) is 18.2 Å². The molecule has 18 heavy (non-hydrogen) atoms. The lowest BCUT2D eigenvalue weighted by molar-refractivity contribution is -0.119. The van der Waals surface area contributed by atoms with Crippen molar-refractivity contribution in [2.45, 2.75) is 6.18 Å². The summed E-state index contributed by atoms with van der Waals surface area (Å²) in [6.07, 6.45) is -3.21. The van der Waals surface area contributed by atoms with E-state index in [1.165, 1.54) is 13.2 Å². The van der Waals surface area contributed by atoms with E-state index in [1.54, 1.807) is 0 Å². The number of aromatic nitrogens is 2. The Hall–Kier alpha value is -1.28. The fourth-order valence-corrected chi connectivity index (χ4v) is 1.51. The Kier molecular flexibility index (Phi) is 4.97. The first-order chi connectivity index (χ1) is 8.37. The van der Waals surface area contributed by atoms with Crippen LogP contribution in [0, 0.1) is 0 Å². The molecule has 0 amide bonds. The molecule has 0 saturated heterocycles. The van der Waals surface area contributed by atoms with Gasteiger partial charge in [-0.05, 0) is 0 Å². The lowest BCUT2D eigenvalue weighted by atomic mass is 10.4. The maximum Gasteiger partial charge on any atom is 0.405 e. The molecule has 0 saturated carbocycles. The second-order valence-corrected chi connectivity index (χ2v) is 3.78. The third kappa shape index (κ3) is 4.19. The third-order valence-electron chi connectivity index (χ3n) is 1.99. The Bertz CT molecular complexity index is 402. The van der Waals surface area contributed by atoms with Crippen LogP contribution in [0.5, 0.6) is 0 Å². The number of hydrogen-bond donors (Lipinski definition) is 2. The molecule has 0 aliphatic heterocycles. The fourth-order valence-electron chi connectivity index (χ4n) is 1.30. The number of rotatable bonds is 5. The summed E-state index contributed by atoms with van der Waals surface area (Å²) in [5.41, 5.74) is 0. The summed E-state index contributed by atoms with van der Waals surface area (Å²) in [5, 5.41) is 11.4. The lowest BCUT2D eigenvalue weighted by Gasteiger charge is -2.24. The summed E-state index contributed by atoms with van der Waals surface area (Å²) in [6.45, 7) is -1.90. The molecule has 0 spiro atoms. The highest BCUT2D eigenvalue weighted by Crippen LogP contribution is 2.27. The van der Waals surface area contributed by atoms with Crippen LogP contribution in [0.3, 0.4) is 0 Å². The molecule has 0 fully saturated rings. The number of hydrogen-bond acceptors (Lipinski definition) is 5. The van der Waals surface area contributed by atoms with E-state index in [2.05, 4.69) is 15.3 Å². The normalized spacial score (nSPS) is 11.4. The van der Waals surface area contributed by atoms with Gasteiger partial charge in [0.25, 0.3) is 0 Å². The van der Waals surface area contributed by atoms with E-state index in [-0.39, 0.29) is 23.3 Å². The molecule has 0 aliphatic rings. The van der Waals surface area contributed by atoms with Crippen molar-refractivity contribution in [2.75, 3.05) is 37.0 Å². The second-order valence-electron chi connectivity index (χ2n) is 3.38. The average molecular weight is 285 g/mol. The van der Waals surface area contributed by atoms with Crippen LogP contribution in [0.2, 0.25) is 5.02 Å². The molecule has 5 nitrogen and oxygen atoms in total. The monoisotopic (exact) mass is 284 g/mol. The maximum atomic E-state index is 12.4. The molecule has 102 valence electrons. The topological polar surface area (TPSA) is 61.3 Å². The van der Waals surface area contributed by atoms with Crippen molar-refractivity contribution in [2.24, 2.45) is 0 Å². The fraction of sp³-hybridized carbons (Fsp3) is 0.556. The molecule has 9 heteroatoms. The summed E-state index contributed by atoms with van der Waals surface area (Å²) < 4.78 is 37.2. The van der Waals surface area contributed by atoms with Crippen molar-refractivity contribution < 1.29 is 18.3 Å². The van der Waals surface area contributed by atoms with Gasteiger partial charge in [0.1, 0.15) is 11.6 Å². The van der Waals surface area contributed by atoms with Gasteiger partial charge < -0.3 is 15.3 Å². The first-order valence-corrected chi connectivity index (χ1v) is 5.38. The minimum Gasteiger partial charge on any atom is -0.395 e. The van der Waals surface area contributed by atoms with Gasteiger partial charge in [0.15, 0.2) is 5.82 Å². The Morgan fingerprint density at radius 3 is 2.67 bits per heavy atom. The molecule has 0 unspecified atom stereocenters. The number of anilines is 2. The highest BCUT2D eigenvalue weighted by atomic mass is 35.5. The number of halogens is 4. The Morgan fingerprint density at radius 1 is 1.50 bits per heavy atom. The van der Waals surface area contributed by atoms with Crippen LogP contribution in [-0.4, -0.2) is 48.0 Å². The van der Waals surface area contributed by atoms with Gasteiger partial charge in [-0.15, -0.1) is 0 Å². The van der Waals surface area contributed by atoms with E-state index >= 15 is 0 Å². The van der Waals surface area contributed by atoms with Crippen LogP contribution in [0.4, 0.5) is 24.9 Å². The standard InChI is InChI=1S/C9H12ClF3N4O/c1-14-8-15-4-6(10)7(16-8)17(2-3-18)5-9(11,12)13/h4,18H,2-3,5H2,1H3,(H,14,15,16). The van der Waals surface area contributed by atoms with E-state index in [4.69, 9.17) is 16.7 Å². The maximum absolute atomic E-state index is 12.4. The quantitative estimate of drug-likeness (QED) is 0.859. The van der Waals surface area contributed by atoms with E-state index in [0.717, 1.165) is 4.90 Å². The van der Waals surface area contributed by atoms with Gasteiger partial charge in [0.05, 0.1) is 12.8 Å². The highest BCUT2D eigenvalue weighted by molar-refractivity contribution is 6.32. The van der Waals surface area contributed by atoms with Crippen LogP contribution >= 0.6 is 11.6 Å². The molecule has 1 rings (SSSR count). The Balaban J connectivity index is 3.04. The summed E-state index contributed by atoms with van der Waals surface area (Å²) in [7, 11) is 1.53. The van der Waals surface area contributed by atoms with E-state index in [1.807, 2.05) is 0 Å². The zero-order valence-electron chi connectivity index (χ0n) is 9.50. The van der Waals surface area contributed by atoms with Gasteiger partial charge in [0.2, 0.25) is 5.95 Å². The number of aliphatic hydroxyl groups is 1. The van der Waals surface area contributed by atoms with E-state index in [0.29, 0.717) is 0 Å². The molecule has 0 aliphatic carbocycles. The zero-order valence-corrected chi connectivity index (χ0v) is 10.3. The molecule has 0 bridgehead atoms. The predicted molar refractivity (Wildman–Crippen MR) is 61.9 cm³/mol. The summed E-state index contributed by atoms with van der Waals surface area (Å²) in [6, 6.07) is 0. The van der Waals surface area contributed by atoms with Crippen molar-refractivity contribution in [3.05, 3.63) is 11.2 Å². The SMILES string of the molecule is CNc1ncc(Cl)c(N(CCO)CC(F)(F)F)n1. The Labute approximate surface area is 107 Å². The average Bonchev–Trinajstić information content (AvgIpc) is 2.27. The zero-order chi connectivity index (χ0) is 13.8. The first kappa shape index (κ1) is 14.8. The van der Waals surface area contributed by atoms with E-state index < -0.39 is 19.3 Å². The molecule has 0 atom stereocenters. The highest BCUT2D eigenvalue weighted by Gasteiger charge is 2.32. The molecule has 2 N–H and O–H groups in total. The molecular formula is C9H12ClF3N4O. The smallest absolute Gasteiger partial charge is 0.395 e. The molecule has 1 aromatic rings. The van der Waals surface area contributed by atoms with Crippen molar-refractivity contribution in [1.82, 2.24) is 9.97 Å². The summed E-state index contributed by atoms with van der Waals surface area (Å²) in [5.74, 6) is 0.0851. The van der Waals surface area contributed by atoms with Crippen LogP contribution in [0.15, 0.2) is 6.20 Å². The van der Waals surface area contributed by atoms with Crippen molar-refractivity contribution in [3.63, 3.8) is 0 Å². The third-order valence-corrected chi connectivity index (χ3v) is 2.26. The molecular weight excluding hydrogens is 273 g/mol. The second kappa shape index (κ2) is 6.05. The van der Waals surface area contributed by atoms with Gasteiger partial charge >= 0.3 is 6.18 Å². The lowest BCUT2D eigenvalue weighted by Crippen LogP contribution is -2.37. The number of aliphatic hydroxyl groups excluding tert-OH is 1. The number of alkyl halides is 3. The van der Waals surface area contributed by atoms with Crippen LogP contribution < -0.4 is 10.2 Å². The number of nitrogens with zero attached hydrogens (tertiary/aromatic N) is 3.